The first-order valence-electron chi connectivity index (χ1n) is 7.20. The number of carbonyl (C=O) groups excluding carboxylic acids is 1. The van der Waals surface area contributed by atoms with Crippen LogP contribution in [0.15, 0.2) is 18.2 Å². The lowest BCUT2D eigenvalue weighted by Gasteiger charge is -2.40. The molecule has 0 aromatic heterocycles. The molecular weight excluding hydrogens is 281 g/mol. The quantitative estimate of drug-likeness (QED) is 0.626. The minimum absolute atomic E-state index is 0.100. The highest BCUT2D eigenvalue weighted by molar-refractivity contribution is 7.81. The first kappa shape index (κ1) is 18.1. The third-order valence-corrected chi connectivity index (χ3v) is 5.09. The minimum atomic E-state index is -0.416. The standard InChI is InChI=1S/C16H25BNO2S/c1-7-16(5,21)15(3,4)20-17-13-10-12(14(19)18-6)9-8-11(13)2/h8-10,21H,7H2,1-6H3,(H,18,19). The third kappa shape index (κ3) is 4.27. The Balaban J connectivity index is 2.91. The van der Waals surface area contributed by atoms with E-state index < -0.39 is 5.60 Å². The van der Waals surface area contributed by atoms with E-state index in [9.17, 15) is 4.79 Å². The number of hydrogen-bond donors (Lipinski definition) is 2. The van der Waals surface area contributed by atoms with Crippen molar-refractivity contribution in [1.29, 1.82) is 0 Å². The summed E-state index contributed by atoms with van der Waals surface area (Å²) in [5.74, 6) is -0.100. The average molecular weight is 306 g/mol. The number of hydrogen-bond acceptors (Lipinski definition) is 3. The zero-order valence-electron chi connectivity index (χ0n) is 13.8. The molecule has 21 heavy (non-hydrogen) atoms. The van der Waals surface area contributed by atoms with Crippen LogP contribution in [0.5, 0.6) is 0 Å². The largest absolute Gasteiger partial charge is 0.428 e. The normalized spacial score (nSPS) is 14.4. The van der Waals surface area contributed by atoms with Crippen LogP contribution < -0.4 is 10.8 Å². The Kier molecular flexibility index (Phi) is 5.94. The molecule has 1 aromatic rings. The summed E-state index contributed by atoms with van der Waals surface area (Å²) in [4.78, 5) is 11.7. The molecule has 1 atom stereocenters. The molecule has 0 aliphatic carbocycles. The second-order valence-electron chi connectivity index (χ2n) is 6.02. The lowest BCUT2D eigenvalue weighted by Crippen LogP contribution is -2.47. The monoisotopic (exact) mass is 306 g/mol. The number of nitrogens with one attached hydrogen (secondary N) is 1. The second kappa shape index (κ2) is 6.88. The molecular formula is C16H25BNO2S. The van der Waals surface area contributed by atoms with Crippen molar-refractivity contribution in [3.05, 3.63) is 29.3 Å². The van der Waals surface area contributed by atoms with E-state index in [2.05, 4.69) is 19.2 Å². The Morgan fingerprint density at radius 2 is 2.00 bits per heavy atom. The molecule has 0 aliphatic heterocycles. The fraction of sp³-hybridized carbons (Fsp3) is 0.562. The van der Waals surface area contributed by atoms with Crippen molar-refractivity contribution in [1.82, 2.24) is 5.32 Å². The van der Waals surface area contributed by atoms with Crippen molar-refractivity contribution in [2.75, 3.05) is 7.05 Å². The molecule has 115 valence electrons. The van der Waals surface area contributed by atoms with Gasteiger partial charge in [0, 0.05) is 17.4 Å². The van der Waals surface area contributed by atoms with Crippen molar-refractivity contribution in [3.63, 3.8) is 0 Å². The molecule has 0 fully saturated rings. The number of amides is 1. The number of aryl methyl sites for hydroxylation is 1. The zero-order chi connectivity index (χ0) is 16.3. The van der Waals surface area contributed by atoms with Crippen molar-refractivity contribution < 1.29 is 9.45 Å². The van der Waals surface area contributed by atoms with Gasteiger partial charge in [-0.1, -0.05) is 24.6 Å². The van der Waals surface area contributed by atoms with Crippen LogP contribution in [0.4, 0.5) is 0 Å². The predicted octanol–water partition coefficient (Wildman–Crippen LogP) is 2.49. The maximum atomic E-state index is 11.7. The lowest BCUT2D eigenvalue weighted by atomic mass is 9.80. The van der Waals surface area contributed by atoms with Crippen molar-refractivity contribution in [2.45, 2.75) is 51.4 Å². The molecule has 0 spiro atoms. The number of carbonyl (C=O) groups is 1. The Labute approximate surface area is 134 Å². The minimum Gasteiger partial charge on any atom is -0.428 e. The molecule has 1 rings (SSSR count). The average Bonchev–Trinajstić information content (AvgIpc) is 2.45. The molecule has 0 heterocycles. The topological polar surface area (TPSA) is 38.3 Å². The molecule has 5 heteroatoms. The van der Waals surface area contributed by atoms with Gasteiger partial charge < -0.3 is 9.97 Å². The second-order valence-corrected chi connectivity index (χ2v) is 7.01. The lowest BCUT2D eigenvalue weighted by molar-refractivity contribution is 0.0764. The molecule has 1 radical (unpaired) electrons. The van der Waals surface area contributed by atoms with E-state index in [4.69, 9.17) is 17.3 Å². The summed E-state index contributed by atoms with van der Waals surface area (Å²) in [6, 6.07) is 5.57. The SMILES string of the molecule is CCC(C)(S)C(C)(C)O[B]c1cc(C(=O)NC)ccc1C. The highest BCUT2D eigenvalue weighted by atomic mass is 32.1. The van der Waals surface area contributed by atoms with Crippen LogP contribution in [0.2, 0.25) is 0 Å². The number of rotatable bonds is 6. The summed E-state index contributed by atoms with van der Waals surface area (Å²) >= 11 is 4.70. The molecule has 0 aliphatic rings. The maximum Gasteiger partial charge on any atom is 0.331 e. The van der Waals surface area contributed by atoms with Crippen molar-refractivity contribution >= 4 is 31.5 Å². The van der Waals surface area contributed by atoms with Gasteiger partial charge in [0.25, 0.3) is 5.91 Å². The van der Waals surface area contributed by atoms with E-state index in [1.165, 1.54) is 0 Å². The molecule has 0 saturated heterocycles. The van der Waals surface area contributed by atoms with Gasteiger partial charge in [0.05, 0.1) is 5.60 Å². The molecule has 1 unspecified atom stereocenters. The van der Waals surface area contributed by atoms with Gasteiger partial charge >= 0.3 is 7.48 Å². The van der Waals surface area contributed by atoms with Crippen LogP contribution in [-0.4, -0.2) is 30.8 Å². The van der Waals surface area contributed by atoms with Gasteiger partial charge in [0.2, 0.25) is 0 Å². The Morgan fingerprint density at radius 3 is 2.52 bits per heavy atom. The fourth-order valence-electron chi connectivity index (χ4n) is 1.82. The maximum absolute atomic E-state index is 11.7. The van der Waals surface area contributed by atoms with Gasteiger partial charge in [0.1, 0.15) is 0 Å². The van der Waals surface area contributed by atoms with Crippen LogP contribution in [0.1, 0.15) is 50.0 Å². The Morgan fingerprint density at radius 1 is 1.38 bits per heavy atom. The molecule has 1 N–H and O–H groups in total. The van der Waals surface area contributed by atoms with Gasteiger partial charge in [-0.2, -0.15) is 12.6 Å². The highest BCUT2D eigenvalue weighted by Gasteiger charge is 2.37. The Hall–Kier alpha value is -0.935. The van der Waals surface area contributed by atoms with E-state index in [1.807, 2.05) is 39.0 Å². The van der Waals surface area contributed by atoms with Crippen LogP contribution in [-0.2, 0) is 4.65 Å². The van der Waals surface area contributed by atoms with Gasteiger partial charge in [-0.3, -0.25) is 4.79 Å². The summed E-state index contributed by atoms with van der Waals surface area (Å²) in [7, 11) is 3.35. The van der Waals surface area contributed by atoms with Crippen LogP contribution in [0, 0.1) is 6.92 Å². The van der Waals surface area contributed by atoms with Crippen LogP contribution >= 0.6 is 12.6 Å². The van der Waals surface area contributed by atoms with E-state index in [1.54, 1.807) is 14.5 Å². The summed E-state index contributed by atoms with van der Waals surface area (Å²) < 4.78 is 5.75. The number of thiol groups is 1. The van der Waals surface area contributed by atoms with Crippen molar-refractivity contribution in [2.24, 2.45) is 0 Å². The van der Waals surface area contributed by atoms with Crippen LogP contribution in [0.25, 0.3) is 0 Å². The molecule has 1 amide bonds. The molecule has 0 bridgehead atoms. The number of benzene rings is 1. The van der Waals surface area contributed by atoms with Gasteiger partial charge in [-0.15, -0.1) is 0 Å². The van der Waals surface area contributed by atoms with E-state index >= 15 is 0 Å². The molecule has 1 aromatic carbocycles. The van der Waals surface area contributed by atoms with E-state index in [-0.39, 0.29) is 10.7 Å². The Bertz CT molecular complexity index is 515. The summed E-state index contributed by atoms with van der Waals surface area (Å²) in [6.45, 7) is 10.2. The predicted molar refractivity (Wildman–Crippen MR) is 92.8 cm³/mol. The van der Waals surface area contributed by atoms with Crippen molar-refractivity contribution in [3.8, 4) is 0 Å². The zero-order valence-corrected chi connectivity index (χ0v) is 14.7. The van der Waals surface area contributed by atoms with Gasteiger partial charge in [-0.05, 0) is 45.6 Å². The first-order valence-corrected chi connectivity index (χ1v) is 7.65. The third-order valence-electron chi connectivity index (χ3n) is 4.23. The summed E-state index contributed by atoms with van der Waals surface area (Å²) in [6.07, 6.45) is 0.897. The highest BCUT2D eigenvalue weighted by Crippen LogP contribution is 2.34. The fourth-order valence-corrected chi connectivity index (χ4v) is 1.87. The summed E-state index contributed by atoms with van der Waals surface area (Å²) in [5.41, 5.74) is 2.18. The van der Waals surface area contributed by atoms with Crippen LogP contribution in [0.3, 0.4) is 0 Å². The van der Waals surface area contributed by atoms with Gasteiger partial charge in [0.15, 0.2) is 0 Å². The van der Waals surface area contributed by atoms with E-state index in [0.29, 0.717) is 5.56 Å². The smallest absolute Gasteiger partial charge is 0.331 e. The van der Waals surface area contributed by atoms with E-state index in [0.717, 1.165) is 17.4 Å². The van der Waals surface area contributed by atoms with Gasteiger partial charge in [-0.25, -0.2) is 0 Å². The molecule has 3 nitrogen and oxygen atoms in total. The molecule has 0 saturated carbocycles. The first-order chi connectivity index (χ1) is 9.64. The summed E-state index contributed by atoms with van der Waals surface area (Å²) in [5, 5.41) is 2.63.